The summed E-state index contributed by atoms with van der Waals surface area (Å²) in [4.78, 5) is 28.9. The molecule has 0 saturated heterocycles. The van der Waals surface area contributed by atoms with Crippen molar-refractivity contribution in [3.05, 3.63) is 0 Å². The van der Waals surface area contributed by atoms with Crippen LogP contribution in [0.3, 0.4) is 0 Å². The van der Waals surface area contributed by atoms with Crippen molar-refractivity contribution in [2.24, 2.45) is 5.41 Å². The molecule has 0 amide bonds. The van der Waals surface area contributed by atoms with Gasteiger partial charge in [-0.3, -0.25) is 9.36 Å². The van der Waals surface area contributed by atoms with E-state index < -0.39 is 24.6 Å². The predicted molar refractivity (Wildman–Crippen MR) is 52.2 cm³/mol. The summed E-state index contributed by atoms with van der Waals surface area (Å²) >= 11 is 0. The lowest BCUT2D eigenvalue weighted by molar-refractivity contribution is -0.147. The Morgan fingerprint density at radius 1 is 1.43 bits per heavy atom. The van der Waals surface area contributed by atoms with Crippen molar-refractivity contribution in [3.8, 4) is 0 Å². The highest BCUT2D eigenvalue weighted by molar-refractivity contribution is 7.52. The van der Waals surface area contributed by atoms with Crippen LogP contribution in [-0.4, -0.2) is 26.5 Å². The second kappa shape index (κ2) is 4.43. The van der Waals surface area contributed by atoms with Gasteiger partial charge in [0.25, 0.3) is 0 Å². The third-order valence-electron chi connectivity index (χ3n) is 2.35. The van der Waals surface area contributed by atoms with Gasteiger partial charge in [-0.25, -0.2) is 0 Å². The molecule has 0 saturated carbocycles. The average Bonchev–Trinajstić information content (AvgIpc) is 1.97. The van der Waals surface area contributed by atoms with E-state index >= 15 is 0 Å². The van der Waals surface area contributed by atoms with Crippen LogP contribution in [0.1, 0.15) is 33.6 Å². The Hall–Kier alpha value is -0.380. The van der Waals surface area contributed by atoms with Gasteiger partial charge in [0.05, 0.1) is 11.1 Å². The summed E-state index contributed by atoms with van der Waals surface area (Å²) in [5, 5.41) is 8.86. The Labute approximate surface area is 83.3 Å². The van der Waals surface area contributed by atoms with Gasteiger partial charge in [-0.2, -0.15) is 0 Å². The van der Waals surface area contributed by atoms with Gasteiger partial charge >= 0.3 is 13.6 Å². The molecule has 6 heteroatoms. The van der Waals surface area contributed by atoms with E-state index in [1.807, 2.05) is 0 Å². The smallest absolute Gasteiger partial charge is 0.329 e. The van der Waals surface area contributed by atoms with Crippen LogP contribution < -0.4 is 0 Å². The molecule has 0 rings (SSSR count). The molecule has 0 heterocycles. The zero-order chi connectivity index (χ0) is 11.6. The van der Waals surface area contributed by atoms with E-state index in [1.165, 1.54) is 13.8 Å². The van der Waals surface area contributed by atoms with Crippen molar-refractivity contribution in [1.82, 2.24) is 0 Å². The van der Waals surface area contributed by atoms with E-state index in [4.69, 9.17) is 14.9 Å². The van der Waals surface area contributed by atoms with E-state index in [0.29, 0.717) is 6.42 Å². The highest BCUT2D eigenvalue weighted by atomic mass is 31.2. The van der Waals surface area contributed by atoms with Gasteiger partial charge in [0.1, 0.15) is 0 Å². The maximum atomic E-state index is 11.1. The Morgan fingerprint density at radius 2 is 1.86 bits per heavy atom. The number of aliphatic carboxylic acids is 1. The molecule has 0 aliphatic carbocycles. The van der Waals surface area contributed by atoms with Crippen molar-refractivity contribution in [2.45, 2.75) is 39.3 Å². The maximum Gasteiger partial charge on any atom is 0.329 e. The first-order chi connectivity index (χ1) is 6.14. The summed E-state index contributed by atoms with van der Waals surface area (Å²) in [6.45, 7) is 4.45. The van der Waals surface area contributed by atoms with Crippen molar-refractivity contribution >= 4 is 13.6 Å². The summed E-state index contributed by atoms with van der Waals surface area (Å²) < 4.78 is 11.1. The molecule has 0 aliphatic heterocycles. The van der Waals surface area contributed by atoms with Crippen LogP contribution in [0.25, 0.3) is 0 Å². The number of carbonyl (C=O) groups is 1. The Morgan fingerprint density at radius 3 is 2.07 bits per heavy atom. The lowest BCUT2D eigenvalue weighted by Crippen LogP contribution is -2.37. The van der Waals surface area contributed by atoms with Gasteiger partial charge < -0.3 is 14.9 Å². The van der Waals surface area contributed by atoms with Gasteiger partial charge in [-0.05, 0) is 20.3 Å². The fraction of sp³-hybridized carbons (Fsp3) is 0.875. The van der Waals surface area contributed by atoms with Crippen LogP contribution in [0.2, 0.25) is 0 Å². The third kappa shape index (κ3) is 3.08. The minimum atomic E-state index is -4.35. The maximum absolute atomic E-state index is 11.1. The molecule has 1 atom stereocenters. The molecule has 0 aromatic rings. The first kappa shape index (κ1) is 13.6. The molecule has 5 nitrogen and oxygen atoms in total. The van der Waals surface area contributed by atoms with E-state index in [1.54, 1.807) is 6.92 Å². The molecule has 0 aromatic heterocycles. The number of rotatable bonds is 5. The number of hydrogen-bond donors (Lipinski definition) is 3. The number of hydrogen-bond acceptors (Lipinski definition) is 2. The average molecular weight is 224 g/mol. The molecular weight excluding hydrogens is 207 g/mol. The van der Waals surface area contributed by atoms with E-state index in [0.717, 1.165) is 0 Å². The fourth-order valence-corrected chi connectivity index (χ4v) is 2.91. The summed E-state index contributed by atoms with van der Waals surface area (Å²) in [6.07, 6.45) is 0.760. The molecule has 14 heavy (non-hydrogen) atoms. The monoisotopic (exact) mass is 224 g/mol. The van der Waals surface area contributed by atoms with Gasteiger partial charge in [-0.1, -0.05) is 13.3 Å². The molecule has 84 valence electrons. The third-order valence-corrected chi connectivity index (χ3v) is 4.07. The molecule has 1 unspecified atom stereocenters. The SMILES string of the molecule is CCCC(C(C)(C)C(=O)O)P(=O)(O)O. The van der Waals surface area contributed by atoms with E-state index in [9.17, 15) is 9.36 Å². The normalized spacial score (nSPS) is 15.2. The van der Waals surface area contributed by atoms with E-state index in [-0.39, 0.29) is 6.42 Å². The molecule has 0 radical (unpaired) electrons. The lowest BCUT2D eigenvalue weighted by atomic mass is 9.87. The zero-order valence-electron chi connectivity index (χ0n) is 8.60. The number of carboxylic acids is 1. The van der Waals surface area contributed by atoms with Crippen molar-refractivity contribution in [2.75, 3.05) is 0 Å². The molecule has 0 bridgehead atoms. The van der Waals surface area contributed by atoms with Gasteiger partial charge in [0.2, 0.25) is 0 Å². The van der Waals surface area contributed by atoms with Crippen LogP contribution in [0.4, 0.5) is 0 Å². The fourth-order valence-electron chi connectivity index (χ4n) is 1.37. The van der Waals surface area contributed by atoms with Crippen LogP contribution in [0, 0.1) is 5.41 Å². The van der Waals surface area contributed by atoms with Crippen molar-refractivity contribution < 1.29 is 24.3 Å². The van der Waals surface area contributed by atoms with Crippen LogP contribution in [0.15, 0.2) is 0 Å². The first-order valence-electron chi connectivity index (χ1n) is 4.42. The molecule has 0 fully saturated rings. The largest absolute Gasteiger partial charge is 0.481 e. The molecule has 0 aliphatic rings. The molecule has 0 spiro atoms. The molecular formula is C8H17O5P. The summed E-state index contributed by atoms with van der Waals surface area (Å²) in [5.41, 5.74) is -2.51. The van der Waals surface area contributed by atoms with Crippen molar-refractivity contribution in [3.63, 3.8) is 0 Å². The zero-order valence-corrected chi connectivity index (χ0v) is 9.49. The highest BCUT2D eigenvalue weighted by Crippen LogP contribution is 2.51. The predicted octanol–water partition coefficient (Wildman–Crippen LogP) is 1.44. The minimum absolute atomic E-state index is 0.212. The Balaban J connectivity index is 5.02. The van der Waals surface area contributed by atoms with E-state index in [2.05, 4.69) is 0 Å². The topological polar surface area (TPSA) is 94.8 Å². The van der Waals surface area contributed by atoms with Crippen LogP contribution in [0.5, 0.6) is 0 Å². The standard InChI is InChI=1S/C8H17O5P/c1-4-5-6(14(11,12)13)8(2,3)7(9)10/h6H,4-5H2,1-3H3,(H,9,10)(H2,11,12,13). The second-order valence-electron chi connectivity index (χ2n) is 3.92. The number of carboxylic acid groups (broad SMARTS) is 1. The van der Waals surface area contributed by atoms with Gasteiger partial charge in [0, 0.05) is 0 Å². The quantitative estimate of drug-likeness (QED) is 0.614. The Bertz CT molecular complexity index is 254. The van der Waals surface area contributed by atoms with Gasteiger partial charge in [-0.15, -0.1) is 0 Å². The van der Waals surface area contributed by atoms with Gasteiger partial charge in [0.15, 0.2) is 0 Å². The summed E-state index contributed by atoms with van der Waals surface area (Å²) in [7, 11) is -4.35. The minimum Gasteiger partial charge on any atom is -0.481 e. The molecule has 0 aromatic carbocycles. The molecule has 3 N–H and O–H groups in total. The second-order valence-corrected chi connectivity index (χ2v) is 5.72. The first-order valence-corrected chi connectivity index (χ1v) is 6.10. The van der Waals surface area contributed by atoms with Crippen molar-refractivity contribution in [1.29, 1.82) is 0 Å². The highest BCUT2D eigenvalue weighted by Gasteiger charge is 2.46. The van der Waals surface area contributed by atoms with Crippen LogP contribution in [-0.2, 0) is 9.36 Å². The lowest BCUT2D eigenvalue weighted by Gasteiger charge is -2.30. The summed E-state index contributed by atoms with van der Waals surface area (Å²) in [5.74, 6) is -1.18. The summed E-state index contributed by atoms with van der Waals surface area (Å²) in [6, 6.07) is 0. The van der Waals surface area contributed by atoms with Crippen LogP contribution >= 0.6 is 7.60 Å². The Kier molecular flexibility index (Phi) is 4.31.